The average Bonchev–Trinajstić information content (AvgIpc) is 3.03. The number of hydrogen-bond acceptors (Lipinski definition) is 6. The lowest BCUT2D eigenvalue weighted by atomic mass is 10.2. The van der Waals surface area contributed by atoms with Gasteiger partial charge in [-0.25, -0.2) is 18.3 Å². The predicted octanol–water partition coefficient (Wildman–Crippen LogP) is 3.30. The number of ether oxygens (including phenoxy) is 1. The Labute approximate surface area is 158 Å². The van der Waals surface area contributed by atoms with E-state index in [1.54, 1.807) is 6.20 Å². The highest BCUT2D eigenvalue weighted by molar-refractivity contribution is 9.10. The Morgan fingerprint density at radius 2 is 2.15 bits per heavy atom. The standard InChI is InChI=1S/C15H10BrF2N5O4/c16-8-5-19-14-4-12(21-22(14)6-8)15(24)20-9-1-10(23(25)26)3-11(2-9)27-7-13(17)18/h1-6,13H,7H2,(H,20,24). The van der Waals surface area contributed by atoms with Crippen molar-refractivity contribution in [2.75, 3.05) is 11.9 Å². The molecular formula is C15H10BrF2N5O4. The van der Waals surface area contributed by atoms with E-state index in [4.69, 9.17) is 4.74 Å². The molecule has 0 aliphatic carbocycles. The largest absolute Gasteiger partial charge is 0.487 e. The van der Waals surface area contributed by atoms with E-state index in [-0.39, 0.29) is 17.1 Å². The van der Waals surface area contributed by atoms with Crippen molar-refractivity contribution in [3.05, 3.63) is 56.9 Å². The molecule has 0 saturated heterocycles. The van der Waals surface area contributed by atoms with Gasteiger partial charge in [0.15, 0.2) is 11.3 Å². The maximum absolute atomic E-state index is 12.4. The highest BCUT2D eigenvalue weighted by Crippen LogP contribution is 2.27. The van der Waals surface area contributed by atoms with Crippen molar-refractivity contribution in [3.63, 3.8) is 0 Å². The molecule has 0 bridgehead atoms. The molecule has 1 aromatic carbocycles. The van der Waals surface area contributed by atoms with Crippen molar-refractivity contribution >= 4 is 38.9 Å². The van der Waals surface area contributed by atoms with Gasteiger partial charge in [0.1, 0.15) is 12.4 Å². The number of halogens is 3. The Morgan fingerprint density at radius 1 is 1.37 bits per heavy atom. The lowest BCUT2D eigenvalue weighted by Crippen LogP contribution is -2.13. The molecule has 2 heterocycles. The molecule has 0 aliphatic heterocycles. The molecule has 3 aromatic rings. The molecule has 12 heteroatoms. The Kier molecular flexibility index (Phi) is 5.26. The lowest BCUT2D eigenvalue weighted by molar-refractivity contribution is -0.384. The van der Waals surface area contributed by atoms with Gasteiger partial charge in [-0.05, 0) is 15.9 Å². The fraction of sp³-hybridized carbons (Fsp3) is 0.133. The van der Waals surface area contributed by atoms with E-state index >= 15 is 0 Å². The number of nitrogens with zero attached hydrogens (tertiary/aromatic N) is 4. The maximum atomic E-state index is 12.4. The number of hydrogen-bond donors (Lipinski definition) is 1. The van der Waals surface area contributed by atoms with E-state index in [0.717, 1.165) is 12.1 Å². The Morgan fingerprint density at radius 3 is 2.85 bits per heavy atom. The number of nitrogens with one attached hydrogen (secondary N) is 1. The van der Waals surface area contributed by atoms with Gasteiger partial charge < -0.3 is 10.1 Å². The molecule has 0 fully saturated rings. The number of fused-ring (bicyclic) bond motifs is 1. The molecule has 27 heavy (non-hydrogen) atoms. The van der Waals surface area contributed by atoms with Gasteiger partial charge in [-0.2, -0.15) is 5.10 Å². The molecule has 0 unspecified atom stereocenters. The van der Waals surface area contributed by atoms with Crippen molar-refractivity contribution in [2.45, 2.75) is 6.43 Å². The van der Waals surface area contributed by atoms with E-state index in [9.17, 15) is 23.7 Å². The summed E-state index contributed by atoms with van der Waals surface area (Å²) in [7, 11) is 0. The van der Waals surface area contributed by atoms with Crippen LogP contribution in [0.5, 0.6) is 5.75 Å². The van der Waals surface area contributed by atoms with E-state index in [0.29, 0.717) is 10.1 Å². The van der Waals surface area contributed by atoms with Crippen LogP contribution in [-0.2, 0) is 0 Å². The number of alkyl halides is 2. The molecule has 0 saturated carbocycles. The summed E-state index contributed by atoms with van der Waals surface area (Å²) in [6.45, 7) is -0.929. The summed E-state index contributed by atoms with van der Waals surface area (Å²) in [4.78, 5) is 26.7. The zero-order valence-corrected chi connectivity index (χ0v) is 14.9. The van der Waals surface area contributed by atoms with E-state index in [1.807, 2.05) is 0 Å². The number of nitro groups is 1. The van der Waals surface area contributed by atoms with Crippen LogP contribution < -0.4 is 10.1 Å². The summed E-state index contributed by atoms with van der Waals surface area (Å²) >= 11 is 3.23. The number of anilines is 1. The van der Waals surface area contributed by atoms with Crippen LogP contribution in [0.4, 0.5) is 20.2 Å². The van der Waals surface area contributed by atoms with Gasteiger partial charge in [-0.15, -0.1) is 0 Å². The highest BCUT2D eigenvalue weighted by atomic mass is 79.9. The number of rotatable bonds is 6. The molecule has 9 nitrogen and oxygen atoms in total. The summed E-state index contributed by atoms with van der Waals surface area (Å²) in [5.74, 6) is -0.822. The van der Waals surface area contributed by atoms with Crippen LogP contribution >= 0.6 is 15.9 Å². The minimum Gasteiger partial charge on any atom is -0.487 e. The van der Waals surface area contributed by atoms with Gasteiger partial charge in [-0.3, -0.25) is 14.9 Å². The van der Waals surface area contributed by atoms with Crippen molar-refractivity contribution in [2.24, 2.45) is 0 Å². The van der Waals surface area contributed by atoms with Gasteiger partial charge in [0.2, 0.25) is 0 Å². The van der Waals surface area contributed by atoms with Gasteiger partial charge in [-0.1, -0.05) is 0 Å². The van der Waals surface area contributed by atoms with E-state index < -0.39 is 29.6 Å². The maximum Gasteiger partial charge on any atom is 0.276 e. The summed E-state index contributed by atoms with van der Waals surface area (Å²) in [5.41, 5.74) is 0.0211. The summed E-state index contributed by atoms with van der Waals surface area (Å²) in [5, 5.41) is 17.5. The number of nitro benzene ring substituents is 1. The molecular weight excluding hydrogens is 432 g/mol. The molecule has 0 spiro atoms. The molecule has 140 valence electrons. The predicted molar refractivity (Wildman–Crippen MR) is 93.2 cm³/mol. The fourth-order valence-corrected chi connectivity index (χ4v) is 2.46. The molecule has 0 atom stereocenters. The molecule has 0 radical (unpaired) electrons. The smallest absolute Gasteiger partial charge is 0.276 e. The van der Waals surface area contributed by atoms with E-state index in [2.05, 4.69) is 31.3 Å². The van der Waals surface area contributed by atoms with Crippen LogP contribution in [0.1, 0.15) is 10.5 Å². The second kappa shape index (κ2) is 7.61. The topological polar surface area (TPSA) is 112 Å². The first-order valence-corrected chi connectivity index (χ1v) is 8.14. The van der Waals surface area contributed by atoms with Crippen LogP contribution in [0.15, 0.2) is 41.1 Å². The van der Waals surface area contributed by atoms with E-state index in [1.165, 1.54) is 22.8 Å². The second-order valence-corrected chi connectivity index (χ2v) is 6.15. The number of non-ortho nitro benzene ring substituents is 1. The SMILES string of the molecule is O=C(Nc1cc(OCC(F)F)cc([N+](=O)[O-])c1)c1cc2ncc(Br)cn2n1. The van der Waals surface area contributed by atoms with Crippen LogP contribution in [0.2, 0.25) is 0 Å². The van der Waals surface area contributed by atoms with Gasteiger partial charge in [0.25, 0.3) is 18.0 Å². The normalized spacial score (nSPS) is 11.0. The van der Waals surface area contributed by atoms with Crippen molar-refractivity contribution in [1.29, 1.82) is 0 Å². The Balaban J connectivity index is 1.85. The minimum atomic E-state index is -2.74. The number of carbonyl (C=O) groups is 1. The monoisotopic (exact) mass is 441 g/mol. The lowest BCUT2D eigenvalue weighted by Gasteiger charge is -2.08. The second-order valence-electron chi connectivity index (χ2n) is 5.23. The quantitative estimate of drug-likeness (QED) is 0.463. The number of benzene rings is 1. The van der Waals surface area contributed by atoms with Crippen LogP contribution in [0, 0.1) is 10.1 Å². The fourth-order valence-electron chi connectivity index (χ4n) is 2.16. The summed E-state index contributed by atoms with van der Waals surface area (Å²) < 4.78 is 31.4. The van der Waals surface area contributed by atoms with Gasteiger partial charge >= 0.3 is 0 Å². The molecule has 1 amide bonds. The molecule has 2 aromatic heterocycles. The number of aromatic nitrogens is 3. The van der Waals surface area contributed by atoms with Crippen LogP contribution in [0.3, 0.4) is 0 Å². The summed E-state index contributed by atoms with van der Waals surface area (Å²) in [6.07, 6.45) is 0.390. The van der Waals surface area contributed by atoms with Crippen molar-refractivity contribution in [1.82, 2.24) is 14.6 Å². The molecule has 3 rings (SSSR count). The van der Waals surface area contributed by atoms with Crippen LogP contribution in [0.25, 0.3) is 5.65 Å². The average molecular weight is 442 g/mol. The zero-order valence-electron chi connectivity index (χ0n) is 13.3. The van der Waals surface area contributed by atoms with Gasteiger partial charge in [0, 0.05) is 30.6 Å². The van der Waals surface area contributed by atoms with Gasteiger partial charge in [0.05, 0.1) is 21.1 Å². The Hall–Kier alpha value is -3.15. The zero-order chi connectivity index (χ0) is 19.6. The Bertz CT molecular complexity index is 1030. The number of carbonyl (C=O) groups excluding carboxylic acids is 1. The number of amides is 1. The highest BCUT2D eigenvalue weighted by Gasteiger charge is 2.16. The van der Waals surface area contributed by atoms with Crippen molar-refractivity contribution in [3.8, 4) is 5.75 Å². The minimum absolute atomic E-state index is 0.00432. The summed E-state index contributed by atoms with van der Waals surface area (Å²) in [6, 6.07) is 4.70. The third-order valence-corrected chi connectivity index (χ3v) is 3.66. The third kappa shape index (κ3) is 4.53. The first kappa shape index (κ1) is 18.6. The van der Waals surface area contributed by atoms with Crippen LogP contribution in [-0.4, -0.2) is 38.5 Å². The molecule has 1 N–H and O–H groups in total. The third-order valence-electron chi connectivity index (χ3n) is 3.25. The van der Waals surface area contributed by atoms with Crippen molar-refractivity contribution < 1.29 is 23.2 Å². The first-order chi connectivity index (χ1) is 12.8. The molecule has 0 aliphatic rings. The first-order valence-electron chi connectivity index (χ1n) is 7.34.